The highest BCUT2D eigenvalue weighted by molar-refractivity contribution is 6.31. The summed E-state index contributed by atoms with van der Waals surface area (Å²) in [4.78, 5) is 11.1. The van der Waals surface area contributed by atoms with E-state index in [0.29, 0.717) is 11.6 Å². The van der Waals surface area contributed by atoms with Gasteiger partial charge in [-0.05, 0) is 43.5 Å². The van der Waals surface area contributed by atoms with Gasteiger partial charge in [0.25, 0.3) is 0 Å². The lowest BCUT2D eigenvalue weighted by molar-refractivity contribution is -0.132. The monoisotopic (exact) mass is 303 g/mol. The molecule has 3 rings (SSSR count). The molecule has 2 aromatic rings. The van der Waals surface area contributed by atoms with E-state index in [-0.39, 0.29) is 5.57 Å². The number of aliphatic carboxylic acids is 1. The smallest absolute Gasteiger partial charge is 0.335 e. The summed E-state index contributed by atoms with van der Waals surface area (Å²) in [7, 11) is 0. The van der Waals surface area contributed by atoms with Crippen LogP contribution in [0.15, 0.2) is 48.3 Å². The van der Waals surface area contributed by atoms with E-state index in [9.17, 15) is 4.79 Å². The van der Waals surface area contributed by atoms with Crippen molar-refractivity contribution >= 4 is 28.5 Å². The predicted molar refractivity (Wildman–Crippen MR) is 81.1 cm³/mol. The Morgan fingerprint density at radius 1 is 1.52 bits per heavy atom. The summed E-state index contributed by atoms with van der Waals surface area (Å²) < 4.78 is 1.84. The maximum Gasteiger partial charge on any atom is 0.335 e. The number of rotatable bonds is 3. The van der Waals surface area contributed by atoms with Gasteiger partial charge in [0.15, 0.2) is 0 Å². The number of fused-ring (bicyclic) bond motifs is 1. The number of carboxylic acids is 1. The molecule has 5 nitrogen and oxygen atoms in total. The summed E-state index contributed by atoms with van der Waals surface area (Å²) in [5.74, 6) is -0.934. The maximum atomic E-state index is 11.1. The summed E-state index contributed by atoms with van der Waals surface area (Å²) in [5.41, 5.74) is 0.721. The van der Waals surface area contributed by atoms with Crippen LogP contribution >= 0.6 is 11.6 Å². The van der Waals surface area contributed by atoms with Crippen LogP contribution in [0.3, 0.4) is 0 Å². The zero-order chi connectivity index (χ0) is 15.0. The fourth-order valence-corrected chi connectivity index (χ4v) is 2.65. The van der Waals surface area contributed by atoms with Crippen LogP contribution in [0.1, 0.15) is 6.92 Å². The van der Waals surface area contributed by atoms with Gasteiger partial charge in [-0.2, -0.15) is 5.10 Å². The summed E-state index contributed by atoms with van der Waals surface area (Å²) in [6, 6.07) is 5.58. The van der Waals surface area contributed by atoms with Crippen LogP contribution in [0.5, 0.6) is 0 Å². The fourth-order valence-electron chi connectivity index (χ4n) is 2.47. The lowest BCUT2D eigenvalue weighted by Gasteiger charge is -2.30. The first-order valence-electron chi connectivity index (χ1n) is 6.48. The Hall–Kier alpha value is -2.27. The van der Waals surface area contributed by atoms with E-state index in [1.807, 2.05) is 29.8 Å². The number of hydrogen-bond donors (Lipinski definition) is 2. The third-order valence-corrected chi connectivity index (χ3v) is 3.71. The highest BCUT2D eigenvalue weighted by atomic mass is 35.5. The molecule has 1 aliphatic heterocycles. The summed E-state index contributed by atoms with van der Waals surface area (Å²) in [6.45, 7) is 2.45. The number of carboxylic acid groups (broad SMARTS) is 1. The van der Waals surface area contributed by atoms with Gasteiger partial charge < -0.3 is 10.4 Å². The molecule has 0 amide bonds. The maximum absolute atomic E-state index is 11.1. The highest BCUT2D eigenvalue weighted by Crippen LogP contribution is 2.23. The van der Waals surface area contributed by atoms with Crippen molar-refractivity contribution in [1.29, 1.82) is 0 Å². The molecule has 1 aliphatic rings. The molecule has 1 unspecified atom stereocenters. The standard InChI is InChI=1S/C15H14ClN3O2/c1-15(7-10(14(20)21)4-5-17-15)9-19-13-3-2-12(16)6-11(13)8-18-19/h2-8,17H,9H2,1H3,(H,20,21). The van der Waals surface area contributed by atoms with E-state index in [1.54, 1.807) is 24.5 Å². The minimum Gasteiger partial charge on any atom is -0.478 e. The van der Waals surface area contributed by atoms with E-state index >= 15 is 0 Å². The van der Waals surface area contributed by atoms with Crippen molar-refractivity contribution in [1.82, 2.24) is 15.1 Å². The molecule has 21 heavy (non-hydrogen) atoms. The Morgan fingerprint density at radius 3 is 3.10 bits per heavy atom. The molecule has 1 atom stereocenters. The third kappa shape index (κ3) is 2.64. The van der Waals surface area contributed by atoms with Crippen LogP contribution in [0.4, 0.5) is 0 Å². The number of nitrogens with one attached hydrogen (secondary N) is 1. The number of nitrogens with zero attached hydrogens (tertiary/aromatic N) is 2. The number of halogens is 1. The highest BCUT2D eigenvalue weighted by Gasteiger charge is 2.26. The van der Waals surface area contributed by atoms with Crippen LogP contribution in [-0.2, 0) is 11.3 Å². The van der Waals surface area contributed by atoms with Crippen molar-refractivity contribution in [2.75, 3.05) is 0 Å². The van der Waals surface area contributed by atoms with Crippen LogP contribution in [0.2, 0.25) is 5.02 Å². The van der Waals surface area contributed by atoms with Crippen molar-refractivity contribution in [3.8, 4) is 0 Å². The second kappa shape index (κ2) is 4.93. The Kier molecular flexibility index (Phi) is 3.22. The van der Waals surface area contributed by atoms with Gasteiger partial charge in [0.2, 0.25) is 0 Å². The number of carbonyl (C=O) groups is 1. The Bertz CT molecular complexity index is 778. The lowest BCUT2D eigenvalue weighted by Crippen LogP contribution is -2.43. The van der Waals surface area contributed by atoms with Crippen molar-refractivity contribution in [2.45, 2.75) is 19.0 Å². The second-order valence-corrected chi connectivity index (χ2v) is 5.74. The van der Waals surface area contributed by atoms with Gasteiger partial charge in [0, 0.05) is 10.4 Å². The molecule has 1 aromatic carbocycles. The molecule has 0 fully saturated rings. The van der Waals surface area contributed by atoms with E-state index in [4.69, 9.17) is 16.7 Å². The third-order valence-electron chi connectivity index (χ3n) is 3.48. The van der Waals surface area contributed by atoms with Gasteiger partial charge in [-0.1, -0.05) is 11.6 Å². The van der Waals surface area contributed by atoms with Gasteiger partial charge in [-0.15, -0.1) is 0 Å². The molecule has 0 aliphatic carbocycles. The molecule has 2 N–H and O–H groups in total. The van der Waals surface area contributed by atoms with Crippen LogP contribution < -0.4 is 5.32 Å². The zero-order valence-electron chi connectivity index (χ0n) is 11.4. The molecule has 6 heteroatoms. The van der Waals surface area contributed by atoms with E-state index in [2.05, 4.69) is 10.4 Å². The Labute approximate surface area is 126 Å². The van der Waals surface area contributed by atoms with Crippen LogP contribution in [0, 0.1) is 0 Å². The average molecular weight is 304 g/mol. The van der Waals surface area contributed by atoms with Gasteiger partial charge in [0.1, 0.15) is 0 Å². The van der Waals surface area contributed by atoms with Gasteiger partial charge >= 0.3 is 5.97 Å². The minimum atomic E-state index is -0.934. The van der Waals surface area contributed by atoms with Gasteiger partial charge in [0.05, 0.1) is 29.4 Å². The largest absolute Gasteiger partial charge is 0.478 e. The molecular formula is C15H14ClN3O2. The van der Waals surface area contributed by atoms with Crippen molar-refractivity contribution in [3.63, 3.8) is 0 Å². The number of aromatic nitrogens is 2. The second-order valence-electron chi connectivity index (χ2n) is 5.31. The SMILES string of the molecule is CC1(Cn2ncc3cc(Cl)ccc32)C=C(C(=O)O)C=CN1. The normalized spacial score (nSPS) is 21.1. The van der Waals surface area contributed by atoms with Gasteiger partial charge in [-0.25, -0.2) is 4.79 Å². The molecule has 2 heterocycles. The summed E-state index contributed by atoms with van der Waals surface area (Å²) in [5, 5.41) is 18.3. The van der Waals surface area contributed by atoms with E-state index in [0.717, 1.165) is 10.9 Å². The summed E-state index contributed by atoms with van der Waals surface area (Å²) >= 11 is 5.97. The first-order chi connectivity index (χ1) is 9.97. The predicted octanol–water partition coefficient (Wildman–Crippen LogP) is 2.58. The molecule has 0 saturated carbocycles. The Morgan fingerprint density at radius 2 is 2.33 bits per heavy atom. The van der Waals surface area contributed by atoms with E-state index in [1.165, 1.54) is 0 Å². The van der Waals surface area contributed by atoms with Crippen LogP contribution in [0.25, 0.3) is 10.9 Å². The average Bonchev–Trinajstić information content (AvgIpc) is 2.80. The quantitative estimate of drug-likeness (QED) is 0.914. The molecule has 0 radical (unpaired) electrons. The number of dihydropyridines is 1. The summed E-state index contributed by atoms with van der Waals surface area (Å²) in [6.07, 6.45) is 6.67. The fraction of sp³-hybridized carbons (Fsp3) is 0.200. The molecule has 108 valence electrons. The molecule has 1 aromatic heterocycles. The topological polar surface area (TPSA) is 67.2 Å². The van der Waals surface area contributed by atoms with E-state index < -0.39 is 11.5 Å². The zero-order valence-corrected chi connectivity index (χ0v) is 12.1. The molecule has 0 bridgehead atoms. The van der Waals surface area contributed by atoms with Crippen molar-refractivity contribution in [3.05, 3.63) is 53.3 Å². The lowest BCUT2D eigenvalue weighted by atomic mass is 9.96. The van der Waals surface area contributed by atoms with Crippen molar-refractivity contribution in [2.24, 2.45) is 0 Å². The minimum absolute atomic E-state index is 0.274. The number of benzene rings is 1. The first kappa shape index (κ1) is 13.7. The Balaban J connectivity index is 1.95. The first-order valence-corrected chi connectivity index (χ1v) is 6.86. The molecule has 0 saturated heterocycles. The molecule has 0 spiro atoms. The van der Waals surface area contributed by atoms with Crippen LogP contribution in [-0.4, -0.2) is 26.4 Å². The number of hydrogen-bond acceptors (Lipinski definition) is 3. The van der Waals surface area contributed by atoms with Gasteiger partial charge in [-0.3, -0.25) is 4.68 Å². The molecular weight excluding hydrogens is 290 g/mol. The van der Waals surface area contributed by atoms with Crippen molar-refractivity contribution < 1.29 is 9.90 Å².